The monoisotopic (exact) mass is 378 g/mol. The predicted molar refractivity (Wildman–Crippen MR) is 102 cm³/mol. The number of amides is 2. The number of anilines is 1. The standard InChI is InChI=1S/C21H18N2O5/c24-19(12-14-6-1-2-8-16(14)21(26)27)23-18-10-4-3-9-17(18)20(25)22-13-15-7-5-11-28-15/h1-11H,12-13H2,(H,22,25)(H,23,24)(H,26,27). The van der Waals surface area contributed by atoms with Crippen LogP contribution in [0.3, 0.4) is 0 Å². The van der Waals surface area contributed by atoms with Crippen LogP contribution in [0.1, 0.15) is 32.0 Å². The largest absolute Gasteiger partial charge is 0.478 e. The number of para-hydroxylation sites is 1. The highest BCUT2D eigenvalue weighted by atomic mass is 16.4. The molecule has 3 N–H and O–H groups in total. The maximum Gasteiger partial charge on any atom is 0.335 e. The number of rotatable bonds is 7. The molecule has 0 fully saturated rings. The van der Waals surface area contributed by atoms with Gasteiger partial charge in [-0.25, -0.2) is 4.79 Å². The molecule has 0 saturated carbocycles. The Labute approximate surface area is 161 Å². The number of carboxylic acids is 1. The van der Waals surface area contributed by atoms with E-state index in [4.69, 9.17) is 4.42 Å². The van der Waals surface area contributed by atoms with Gasteiger partial charge < -0.3 is 20.2 Å². The lowest BCUT2D eigenvalue weighted by Gasteiger charge is -2.12. The summed E-state index contributed by atoms with van der Waals surface area (Å²) in [5.74, 6) is -1.26. The van der Waals surface area contributed by atoms with Crippen molar-refractivity contribution < 1.29 is 23.9 Å². The summed E-state index contributed by atoms with van der Waals surface area (Å²) >= 11 is 0. The van der Waals surface area contributed by atoms with Gasteiger partial charge >= 0.3 is 5.97 Å². The molecule has 0 bridgehead atoms. The van der Waals surface area contributed by atoms with Crippen LogP contribution in [-0.2, 0) is 17.8 Å². The Morgan fingerprint density at radius 2 is 1.61 bits per heavy atom. The highest BCUT2D eigenvalue weighted by Crippen LogP contribution is 2.17. The third kappa shape index (κ3) is 4.64. The molecule has 1 aromatic heterocycles. The molecule has 0 unspecified atom stereocenters. The van der Waals surface area contributed by atoms with Crippen LogP contribution in [-0.4, -0.2) is 22.9 Å². The van der Waals surface area contributed by atoms with Crippen LogP contribution >= 0.6 is 0 Å². The second-order valence-corrected chi connectivity index (χ2v) is 5.99. The summed E-state index contributed by atoms with van der Waals surface area (Å²) in [6.45, 7) is 0.222. The average molecular weight is 378 g/mol. The van der Waals surface area contributed by atoms with E-state index in [-0.39, 0.29) is 24.4 Å². The molecule has 0 radical (unpaired) electrons. The van der Waals surface area contributed by atoms with Crippen molar-refractivity contribution >= 4 is 23.5 Å². The van der Waals surface area contributed by atoms with Gasteiger partial charge in [-0.1, -0.05) is 30.3 Å². The van der Waals surface area contributed by atoms with E-state index in [1.807, 2.05) is 0 Å². The van der Waals surface area contributed by atoms with Crippen LogP contribution < -0.4 is 10.6 Å². The molecule has 0 spiro atoms. The zero-order valence-corrected chi connectivity index (χ0v) is 14.8. The molecule has 0 aliphatic carbocycles. The van der Waals surface area contributed by atoms with Crippen LogP contribution in [0.5, 0.6) is 0 Å². The Morgan fingerprint density at radius 1 is 0.893 bits per heavy atom. The first kappa shape index (κ1) is 18.9. The van der Waals surface area contributed by atoms with Crippen molar-refractivity contribution in [2.75, 3.05) is 5.32 Å². The van der Waals surface area contributed by atoms with Gasteiger partial charge in [-0.3, -0.25) is 9.59 Å². The van der Waals surface area contributed by atoms with Gasteiger partial charge in [0.2, 0.25) is 5.91 Å². The van der Waals surface area contributed by atoms with E-state index < -0.39 is 11.9 Å². The van der Waals surface area contributed by atoms with Gasteiger partial charge in [0.15, 0.2) is 0 Å². The zero-order chi connectivity index (χ0) is 19.9. The minimum absolute atomic E-state index is 0.0714. The third-order valence-electron chi connectivity index (χ3n) is 4.05. The molecule has 7 heteroatoms. The molecule has 2 amide bonds. The number of nitrogens with one attached hydrogen (secondary N) is 2. The lowest BCUT2D eigenvalue weighted by molar-refractivity contribution is -0.115. The summed E-state index contributed by atoms with van der Waals surface area (Å²) in [5.41, 5.74) is 1.11. The fourth-order valence-corrected chi connectivity index (χ4v) is 2.72. The molecule has 0 aliphatic heterocycles. The zero-order valence-electron chi connectivity index (χ0n) is 14.8. The SMILES string of the molecule is O=C(Cc1ccccc1C(=O)O)Nc1ccccc1C(=O)NCc1ccco1. The van der Waals surface area contributed by atoms with E-state index in [0.717, 1.165) is 0 Å². The van der Waals surface area contributed by atoms with Crippen molar-refractivity contribution in [2.45, 2.75) is 13.0 Å². The molecular weight excluding hydrogens is 360 g/mol. The second kappa shape index (κ2) is 8.68. The molecule has 7 nitrogen and oxygen atoms in total. The fourth-order valence-electron chi connectivity index (χ4n) is 2.72. The van der Waals surface area contributed by atoms with Gasteiger partial charge in [0.1, 0.15) is 5.76 Å². The maximum absolute atomic E-state index is 12.5. The Bertz CT molecular complexity index is 996. The molecule has 0 atom stereocenters. The van der Waals surface area contributed by atoms with Gasteiger partial charge in [-0.05, 0) is 35.9 Å². The number of carbonyl (C=O) groups excluding carboxylic acids is 2. The predicted octanol–water partition coefficient (Wildman–Crippen LogP) is 3.09. The fraction of sp³-hybridized carbons (Fsp3) is 0.0952. The van der Waals surface area contributed by atoms with Crippen LogP contribution in [0, 0.1) is 0 Å². The van der Waals surface area contributed by atoms with E-state index in [1.165, 1.54) is 12.3 Å². The highest BCUT2D eigenvalue weighted by Gasteiger charge is 2.16. The lowest BCUT2D eigenvalue weighted by atomic mass is 10.0. The molecule has 2 aromatic carbocycles. The molecular formula is C21H18N2O5. The number of carboxylic acid groups (broad SMARTS) is 1. The molecule has 142 valence electrons. The Kier molecular flexibility index (Phi) is 5.86. The molecule has 3 rings (SSSR count). The Balaban J connectivity index is 1.70. The summed E-state index contributed by atoms with van der Waals surface area (Å²) in [6.07, 6.45) is 1.40. The lowest BCUT2D eigenvalue weighted by Crippen LogP contribution is -2.25. The van der Waals surface area contributed by atoms with Gasteiger partial charge in [-0.15, -0.1) is 0 Å². The number of hydrogen-bond donors (Lipinski definition) is 3. The number of furan rings is 1. The molecule has 28 heavy (non-hydrogen) atoms. The summed E-state index contributed by atoms with van der Waals surface area (Å²) in [6, 6.07) is 16.4. The van der Waals surface area contributed by atoms with Crippen LogP contribution in [0.15, 0.2) is 71.3 Å². The quantitative estimate of drug-likeness (QED) is 0.585. The number of hydrogen-bond acceptors (Lipinski definition) is 4. The van der Waals surface area contributed by atoms with Crippen LogP contribution in [0.4, 0.5) is 5.69 Å². The number of aromatic carboxylic acids is 1. The topological polar surface area (TPSA) is 109 Å². The van der Waals surface area contributed by atoms with Gasteiger partial charge in [0.25, 0.3) is 5.91 Å². The molecule has 0 aliphatic rings. The van der Waals surface area contributed by atoms with E-state index in [1.54, 1.807) is 54.6 Å². The first-order valence-corrected chi connectivity index (χ1v) is 8.55. The van der Waals surface area contributed by atoms with E-state index >= 15 is 0 Å². The highest BCUT2D eigenvalue weighted by molar-refractivity contribution is 6.04. The maximum atomic E-state index is 12.5. The van der Waals surface area contributed by atoms with Crippen molar-refractivity contribution in [3.8, 4) is 0 Å². The Hall–Kier alpha value is -3.87. The van der Waals surface area contributed by atoms with Crippen molar-refractivity contribution in [1.29, 1.82) is 0 Å². The Morgan fingerprint density at radius 3 is 2.32 bits per heavy atom. The minimum atomic E-state index is -1.10. The van der Waals surface area contributed by atoms with Crippen LogP contribution in [0.25, 0.3) is 0 Å². The smallest absolute Gasteiger partial charge is 0.335 e. The van der Waals surface area contributed by atoms with Crippen molar-refractivity contribution in [3.63, 3.8) is 0 Å². The van der Waals surface area contributed by atoms with E-state index in [0.29, 0.717) is 22.6 Å². The third-order valence-corrected chi connectivity index (χ3v) is 4.05. The minimum Gasteiger partial charge on any atom is -0.478 e. The van der Waals surface area contributed by atoms with E-state index in [9.17, 15) is 19.5 Å². The molecule has 0 saturated heterocycles. The molecule has 1 heterocycles. The van der Waals surface area contributed by atoms with Crippen molar-refractivity contribution in [2.24, 2.45) is 0 Å². The second-order valence-electron chi connectivity index (χ2n) is 5.99. The summed E-state index contributed by atoms with van der Waals surface area (Å²) in [7, 11) is 0. The molecule has 3 aromatic rings. The van der Waals surface area contributed by atoms with Crippen molar-refractivity contribution in [1.82, 2.24) is 5.32 Å². The average Bonchev–Trinajstić information content (AvgIpc) is 3.20. The normalized spacial score (nSPS) is 10.3. The first-order valence-electron chi connectivity index (χ1n) is 8.55. The van der Waals surface area contributed by atoms with Gasteiger partial charge in [0, 0.05) is 0 Å². The first-order chi connectivity index (χ1) is 13.5. The summed E-state index contributed by atoms with van der Waals surface area (Å²) in [4.78, 5) is 36.2. The van der Waals surface area contributed by atoms with E-state index in [2.05, 4.69) is 10.6 Å². The number of carbonyl (C=O) groups is 3. The summed E-state index contributed by atoms with van der Waals surface area (Å²) < 4.78 is 5.18. The van der Waals surface area contributed by atoms with Gasteiger partial charge in [-0.2, -0.15) is 0 Å². The summed E-state index contributed by atoms with van der Waals surface area (Å²) in [5, 5.41) is 14.6. The van der Waals surface area contributed by atoms with Crippen molar-refractivity contribution in [3.05, 3.63) is 89.4 Å². The van der Waals surface area contributed by atoms with Crippen LogP contribution in [0.2, 0.25) is 0 Å². The number of benzene rings is 2. The van der Waals surface area contributed by atoms with Gasteiger partial charge in [0.05, 0.1) is 36.0 Å².